The average molecular weight is 364 g/mol. The van der Waals surface area contributed by atoms with E-state index in [4.69, 9.17) is 4.74 Å². The van der Waals surface area contributed by atoms with Crippen LogP contribution in [-0.2, 0) is 4.79 Å². The Balaban J connectivity index is 1.66. The predicted octanol–water partition coefficient (Wildman–Crippen LogP) is 3.97. The van der Waals surface area contributed by atoms with Crippen LogP contribution in [0.5, 0.6) is 5.75 Å². The van der Waals surface area contributed by atoms with E-state index in [1.165, 1.54) is 6.08 Å². The molecule has 2 aromatic rings. The van der Waals surface area contributed by atoms with Gasteiger partial charge in [0.15, 0.2) is 0 Å². The van der Waals surface area contributed by atoms with E-state index in [0.29, 0.717) is 17.9 Å². The minimum atomic E-state index is -0.273. The van der Waals surface area contributed by atoms with Crippen LogP contribution in [0.3, 0.4) is 0 Å². The summed E-state index contributed by atoms with van der Waals surface area (Å²) in [6, 6.07) is 14.6. The summed E-state index contributed by atoms with van der Waals surface area (Å²) in [7, 11) is 0. The number of anilines is 1. The molecule has 0 aromatic heterocycles. The number of benzene rings is 2. The first-order valence-electron chi connectivity index (χ1n) is 9.27. The van der Waals surface area contributed by atoms with Crippen LogP contribution < -0.4 is 10.1 Å². The molecule has 0 radical (unpaired) electrons. The molecular weight excluding hydrogens is 340 g/mol. The molecule has 1 aliphatic heterocycles. The van der Waals surface area contributed by atoms with E-state index in [-0.39, 0.29) is 11.8 Å². The number of hydrogen-bond donors (Lipinski definition) is 1. The van der Waals surface area contributed by atoms with E-state index in [1.54, 1.807) is 18.2 Å². The zero-order chi connectivity index (χ0) is 19.1. The van der Waals surface area contributed by atoms with Gasteiger partial charge in [-0.1, -0.05) is 24.3 Å². The van der Waals surface area contributed by atoms with Crippen molar-refractivity contribution in [3.8, 4) is 5.75 Å². The number of rotatable bonds is 6. The van der Waals surface area contributed by atoms with Crippen molar-refractivity contribution in [2.75, 3.05) is 25.0 Å². The van der Waals surface area contributed by atoms with Crippen LogP contribution in [0.4, 0.5) is 5.69 Å². The molecule has 5 heteroatoms. The number of carbonyl (C=O) groups is 2. The Labute approximate surface area is 159 Å². The summed E-state index contributed by atoms with van der Waals surface area (Å²) >= 11 is 0. The smallest absolute Gasteiger partial charge is 0.255 e. The topological polar surface area (TPSA) is 58.6 Å². The molecule has 1 N–H and O–H groups in total. The van der Waals surface area contributed by atoms with Gasteiger partial charge in [0.05, 0.1) is 17.9 Å². The summed E-state index contributed by atoms with van der Waals surface area (Å²) in [6.07, 6.45) is 5.26. The lowest BCUT2D eigenvalue weighted by atomic mass is 10.1. The lowest BCUT2D eigenvalue weighted by Crippen LogP contribution is -2.28. The number of hydrogen-bond acceptors (Lipinski definition) is 3. The second kappa shape index (κ2) is 9.03. The van der Waals surface area contributed by atoms with Crippen LogP contribution in [0, 0.1) is 0 Å². The number of para-hydroxylation sites is 1. The van der Waals surface area contributed by atoms with E-state index in [9.17, 15) is 9.59 Å². The molecule has 5 nitrogen and oxygen atoms in total. The van der Waals surface area contributed by atoms with Gasteiger partial charge in [0, 0.05) is 19.2 Å². The van der Waals surface area contributed by atoms with Crippen molar-refractivity contribution in [1.29, 1.82) is 0 Å². The summed E-state index contributed by atoms with van der Waals surface area (Å²) in [5.41, 5.74) is 1.97. The van der Waals surface area contributed by atoms with E-state index >= 15 is 0 Å². The van der Waals surface area contributed by atoms with Gasteiger partial charge >= 0.3 is 0 Å². The lowest BCUT2D eigenvalue weighted by Gasteiger charge is -2.17. The number of amides is 2. The van der Waals surface area contributed by atoms with Crippen LogP contribution >= 0.6 is 0 Å². The quantitative estimate of drug-likeness (QED) is 0.789. The number of nitrogens with one attached hydrogen (secondary N) is 1. The average Bonchev–Trinajstić information content (AvgIpc) is 3.22. The predicted molar refractivity (Wildman–Crippen MR) is 107 cm³/mol. The Morgan fingerprint density at radius 1 is 1.07 bits per heavy atom. The molecule has 0 saturated carbocycles. The van der Waals surface area contributed by atoms with Crippen LogP contribution in [0.15, 0.2) is 54.6 Å². The molecule has 0 atom stereocenters. The molecule has 2 aromatic carbocycles. The standard InChI is InChI=1S/C22H24N2O3/c1-2-27-18-12-9-17(10-13-18)11-14-21(25)23-20-8-4-3-7-19(20)22(26)24-15-5-6-16-24/h3-4,7-14H,2,5-6,15-16H2,1H3,(H,23,25)/b14-11+. The third kappa shape index (κ3) is 4.97. The van der Waals surface area contributed by atoms with Gasteiger partial charge < -0.3 is 15.0 Å². The summed E-state index contributed by atoms with van der Waals surface area (Å²) in [5, 5.41) is 2.82. The molecule has 1 saturated heterocycles. The van der Waals surface area contributed by atoms with Gasteiger partial charge in [0.25, 0.3) is 5.91 Å². The summed E-state index contributed by atoms with van der Waals surface area (Å²) in [6.45, 7) is 4.11. The first kappa shape index (κ1) is 18.7. The van der Waals surface area contributed by atoms with Crippen LogP contribution in [0.25, 0.3) is 6.08 Å². The summed E-state index contributed by atoms with van der Waals surface area (Å²) in [4.78, 5) is 26.8. The minimum Gasteiger partial charge on any atom is -0.494 e. The Morgan fingerprint density at radius 3 is 2.48 bits per heavy atom. The zero-order valence-electron chi connectivity index (χ0n) is 15.5. The number of likely N-dealkylation sites (tertiary alicyclic amines) is 1. The Hall–Kier alpha value is -3.08. The molecule has 1 aliphatic rings. The highest BCUT2D eigenvalue weighted by molar-refractivity contribution is 6.07. The molecule has 0 bridgehead atoms. The van der Waals surface area contributed by atoms with Crippen molar-refractivity contribution in [2.24, 2.45) is 0 Å². The van der Waals surface area contributed by atoms with Gasteiger partial charge in [0.1, 0.15) is 5.75 Å². The van der Waals surface area contributed by atoms with Crippen molar-refractivity contribution in [1.82, 2.24) is 4.90 Å². The fourth-order valence-electron chi connectivity index (χ4n) is 3.06. The molecule has 140 valence electrons. The molecule has 0 unspecified atom stereocenters. The van der Waals surface area contributed by atoms with Crippen molar-refractivity contribution in [3.05, 3.63) is 65.7 Å². The van der Waals surface area contributed by atoms with E-state index in [0.717, 1.165) is 37.2 Å². The molecule has 3 rings (SSSR count). The highest BCUT2D eigenvalue weighted by Gasteiger charge is 2.21. The molecule has 1 heterocycles. The third-order valence-corrected chi connectivity index (χ3v) is 4.43. The van der Waals surface area contributed by atoms with Gasteiger partial charge in [0.2, 0.25) is 5.91 Å². The highest BCUT2D eigenvalue weighted by atomic mass is 16.5. The highest BCUT2D eigenvalue weighted by Crippen LogP contribution is 2.20. The van der Waals surface area contributed by atoms with Gasteiger partial charge in [-0.25, -0.2) is 0 Å². The number of carbonyl (C=O) groups excluding carboxylic acids is 2. The largest absolute Gasteiger partial charge is 0.494 e. The minimum absolute atomic E-state index is 0.0288. The van der Waals surface area contributed by atoms with E-state index in [2.05, 4.69) is 5.32 Å². The van der Waals surface area contributed by atoms with Crippen LogP contribution in [-0.4, -0.2) is 36.4 Å². The van der Waals surface area contributed by atoms with Gasteiger partial charge in [-0.05, 0) is 55.7 Å². The van der Waals surface area contributed by atoms with Gasteiger partial charge in [-0.2, -0.15) is 0 Å². The summed E-state index contributed by atoms with van der Waals surface area (Å²) in [5.74, 6) is 0.498. The van der Waals surface area contributed by atoms with E-state index in [1.807, 2.05) is 48.2 Å². The van der Waals surface area contributed by atoms with Crippen molar-refractivity contribution in [2.45, 2.75) is 19.8 Å². The zero-order valence-corrected chi connectivity index (χ0v) is 15.5. The SMILES string of the molecule is CCOc1ccc(/C=C/C(=O)Nc2ccccc2C(=O)N2CCCC2)cc1. The maximum absolute atomic E-state index is 12.7. The second-order valence-electron chi connectivity index (χ2n) is 6.37. The Morgan fingerprint density at radius 2 is 1.78 bits per heavy atom. The molecule has 0 aliphatic carbocycles. The Kier molecular flexibility index (Phi) is 6.26. The fourth-order valence-corrected chi connectivity index (χ4v) is 3.06. The normalized spacial score (nSPS) is 13.7. The maximum Gasteiger partial charge on any atom is 0.255 e. The maximum atomic E-state index is 12.7. The first-order valence-corrected chi connectivity index (χ1v) is 9.27. The monoisotopic (exact) mass is 364 g/mol. The van der Waals surface area contributed by atoms with Crippen LogP contribution in [0.2, 0.25) is 0 Å². The van der Waals surface area contributed by atoms with Crippen LogP contribution in [0.1, 0.15) is 35.7 Å². The van der Waals surface area contributed by atoms with Crippen molar-refractivity contribution >= 4 is 23.6 Å². The lowest BCUT2D eigenvalue weighted by molar-refractivity contribution is -0.111. The molecular formula is C22H24N2O3. The fraction of sp³-hybridized carbons (Fsp3) is 0.273. The van der Waals surface area contributed by atoms with Crippen molar-refractivity contribution < 1.29 is 14.3 Å². The van der Waals surface area contributed by atoms with Gasteiger partial charge in [-0.15, -0.1) is 0 Å². The molecule has 1 fully saturated rings. The van der Waals surface area contributed by atoms with Gasteiger partial charge in [-0.3, -0.25) is 9.59 Å². The van der Waals surface area contributed by atoms with Crippen molar-refractivity contribution in [3.63, 3.8) is 0 Å². The molecule has 0 spiro atoms. The Bertz CT molecular complexity index is 822. The number of nitrogens with zero attached hydrogens (tertiary/aromatic N) is 1. The molecule has 27 heavy (non-hydrogen) atoms. The molecule has 2 amide bonds. The number of ether oxygens (including phenoxy) is 1. The third-order valence-electron chi connectivity index (χ3n) is 4.43. The summed E-state index contributed by atoms with van der Waals surface area (Å²) < 4.78 is 5.40. The van der Waals surface area contributed by atoms with E-state index < -0.39 is 0 Å². The first-order chi connectivity index (χ1) is 13.2. The second-order valence-corrected chi connectivity index (χ2v) is 6.37.